The van der Waals surface area contributed by atoms with Gasteiger partial charge in [-0.3, -0.25) is 19.9 Å². The minimum atomic E-state index is 0.561. The van der Waals surface area contributed by atoms with Crippen molar-refractivity contribution in [3.05, 3.63) is 53.4 Å². The van der Waals surface area contributed by atoms with Crippen molar-refractivity contribution < 1.29 is 0 Å². The van der Waals surface area contributed by atoms with Crippen LogP contribution in [0.2, 0.25) is 0 Å². The summed E-state index contributed by atoms with van der Waals surface area (Å²) in [5, 5.41) is 0. The Morgan fingerprint density at radius 2 is 1.85 bits per heavy atom. The van der Waals surface area contributed by atoms with Crippen LogP contribution >= 0.6 is 0 Å². The second-order valence-electron chi connectivity index (χ2n) is 4.77. The van der Waals surface area contributed by atoms with Crippen LogP contribution in [0, 0.1) is 26.2 Å². The average Bonchev–Trinajstić information content (AvgIpc) is 2.42. The quantitative estimate of drug-likeness (QED) is 0.777. The molecule has 0 aliphatic heterocycles. The molecule has 2 rings (SSSR count). The molecule has 0 saturated heterocycles. The number of aromatic nitrogens is 3. The number of hydrogen-bond acceptors (Lipinski definition) is 4. The molecule has 0 aliphatic rings. The second kappa shape index (κ2) is 6.78. The smallest absolute Gasteiger partial charge is 0.0727 e. The van der Waals surface area contributed by atoms with Gasteiger partial charge in [0.05, 0.1) is 23.6 Å². The lowest BCUT2D eigenvalue weighted by atomic mass is 10.3. The zero-order valence-corrected chi connectivity index (χ0v) is 11.9. The van der Waals surface area contributed by atoms with E-state index in [1.165, 1.54) is 0 Å². The fourth-order valence-electron chi connectivity index (χ4n) is 1.94. The third kappa shape index (κ3) is 4.15. The number of pyridine rings is 1. The predicted octanol–water partition coefficient (Wildman–Crippen LogP) is 2.12. The molecule has 4 nitrogen and oxygen atoms in total. The van der Waals surface area contributed by atoms with Crippen molar-refractivity contribution in [3.63, 3.8) is 0 Å². The van der Waals surface area contributed by atoms with E-state index in [9.17, 15) is 0 Å². The molecular weight excluding hydrogens is 248 g/mol. The third-order valence-electron chi connectivity index (χ3n) is 2.87. The number of nitrogens with zero attached hydrogens (tertiary/aromatic N) is 4. The monoisotopic (exact) mass is 266 g/mol. The van der Waals surface area contributed by atoms with E-state index in [2.05, 4.69) is 25.8 Å². The summed E-state index contributed by atoms with van der Waals surface area (Å²) in [5.74, 6) is 2.68. The summed E-state index contributed by atoms with van der Waals surface area (Å²) in [6.07, 6.45) is 9.01. The summed E-state index contributed by atoms with van der Waals surface area (Å²) in [4.78, 5) is 15.3. The highest BCUT2D eigenvalue weighted by Gasteiger charge is 2.08. The van der Waals surface area contributed by atoms with Crippen molar-refractivity contribution in [2.45, 2.75) is 26.9 Å². The Bertz CT molecular complexity index is 599. The summed E-state index contributed by atoms with van der Waals surface area (Å²) < 4.78 is 0. The van der Waals surface area contributed by atoms with Crippen LogP contribution in [-0.2, 0) is 13.1 Å². The largest absolute Gasteiger partial charge is 0.281 e. The normalized spacial score (nSPS) is 10.5. The highest BCUT2D eigenvalue weighted by atomic mass is 15.1. The van der Waals surface area contributed by atoms with E-state index >= 15 is 0 Å². The number of rotatable bonds is 5. The van der Waals surface area contributed by atoms with E-state index in [0.717, 1.165) is 22.8 Å². The number of aryl methyl sites for hydroxylation is 2. The first-order chi connectivity index (χ1) is 9.67. The van der Waals surface area contributed by atoms with Crippen molar-refractivity contribution >= 4 is 0 Å². The van der Waals surface area contributed by atoms with Crippen molar-refractivity contribution in [2.24, 2.45) is 0 Å². The molecule has 2 aromatic heterocycles. The van der Waals surface area contributed by atoms with E-state index in [0.29, 0.717) is 19.6 Å². The second-order valence-corrected chi connectivity index (χ2v) is 4.77. The summed E-state index contributed by atoms with van der Waals surface area (Å²) in [6, 6.07) is 6.01. The van der Waals surface area contributed by atoms with Gasteiger partial charge in [-0.1, -0.05) is 12.0 Å². The van der Waals surface area contributed by atoms with Gasteiger partial charge in [-0.05, 0) is 26.0 Å². The Morgan fingerprint density at radius 3 is 2.50 bits per heavy atom. The van der Waals surface area contributed by atoms with Crippen molar-refractivity contribution in [2.75, 3.05) is 6.54 Å². The summed E-state index contributed by atoms with van der Waals surface area (Å²) >= 11 is 0. The first kappa shape index (κ1) is 14.2. The predicted molar refractivity (Wildman–Crippen MR) is 78.7 cm³/mol. The van der Waals surface area contributed by atoms with Gasteiger partial charge < -0.3 is 0 Å². The topological polar surface area (TPSA) is 41.9 Å². The standard InChI is InChI=1S/C16H18N4/c1-4-8-20(11-15-7-5-6-13(2)19-15)12-16-10-17-14(3)9-18-16/h1,5-7,9-10H,8,11-12H2,2-3H3. The third-order valence-corrected chi connectivity index (χ3v) is 2.87. The van der Waals surface area contributed by atoms with Crippen LogP contribution in [0.3, 0.4) is 0 Å². The van der Waals surface area contributed by atoms with E-state index in [1.54, 1.807) is 12.4 Å². The summed E-state index contributed by atoms with van der Waals surface area (Å²) in [6.45, 7) is 5.85. The van der Waals surface area contributed by atoms with E-state index in [1.807, 2.05) is 32.0 Å². The lowest BCUT2D eigenvalue weighted by Gasteiger charge is -2.18. The average molecular weight is 266 g/mol. The van der Waals surface area contributed by atoms with Gasteiger partial charge in [0.1, 0.15) is 0 Å². The Morgan fingerprint density at radius 1 is 1.05 bits per heavy atom. The molecule has 102 valence electrons. The van der Waals surface area contributed by atoms with Crippen molar-refractivity contribution in [1.29, 1.82) is 0 Å². The molecule has 0 amide bonds. The summed E-state index contributed by atoms with van der Waals surface area (Å²) in [5.41, 5.74) is 3.86. The molecule has 0 fully saturated rings. The maximum absolute atomic E-state index is 5.44. The van der Waals surface area contributed by atoms with Crippen LogP contribution < -0.4 is 0 Å². The fraction of sp³-hybridized carbons (Fsp3) is 0.312. The SMILES string of the molecule is C#CCN(Cc1cnc(C)cn1)Cc1cccc(C)n1. The maximum Gasteiger partial charge on any atom is 0.0727 e. The minimum absolute atomic E-state index is 0.561. The van der Waals surface area contributed by atoms with Crippen LogP contribution in [0.4, 0.5) is 0 Å². The Kier molecular flexibility index (Phi) is 4.80. The number of hydrogen-bond donors (Lipinski definition) is 0. The molecule has 2 aromatic rings. The van der Waals surface area contributed by atoms with E-state index < -0.39 is 0 Å². The maximum atomic E-state index is 5.44. The van der Waals surface area contributed by atoms with Gasteiger partial charge in [0, 0.05) is 31.2 Å². The van der Waals surface area contributed by atoms with Crippen LogP contribution in [0.5, 0.6) is 0 Å². The van der Waals surface area contributed by atoms with Crippen LogP contribution in [0.25, 0.3) is 0 Å². The van der Waals surface area contributed by atoms with Gasteiger partial charge in [-0.15, -0.1) is 6.42 Å². The van der Waals surface area contributed by atoms with Crippen molar-refractivity contribution in [1.82, 2.24) is 19.9 Å². The summed E-state index contributed by atoms with van der Waals surface area (Å²) in [7, 11) is 0. The molecule has 0 unspecified atom stereocenters. The lowest BCUT2D eigenvalue weighted by molar-refractivity contribution is 0.283. The van der Waals surface area contributed by atoms with Crippen LogP contribution in [0.15, 0.2) is 30.6 Å². The highest BCUT2D eigenvalue weighted by molar-refractivity contribution is 5.10. The van der Waals surface area contributed by atoms with Gasteiger partial charge in [-0.25, -0.2) is 0 Å². The van der Waals surface area contributed by atoms with E-state index in [-0.39, 0.29) is 0 Å². The van der Waals surface area contributed by atoms with Gasteiger partial charge in [-0.2, -0.15) is 0 Å². The van der Waals surface area contributed by atoms with Gasteiger partial charge in [0.15, 0.2) is 0 Å². The first-order valence-electron chi connectivity index (χ1n) is 6.53. The van der Waals surface area contributed by atoms with Crippen LogP contribution in [-0.4, -0.2) is 26.4 Å². The lowest BCUT2D eigenvalue weighted by Crippen LogP contribution is -2.24. The fourth-order valence-corrected chi connectivity index (χ4v) is 1.94. The van der Waals surface area contributed by atoms with Gasteiger partial charge >= 0.3 is 0 Å². The Labute approximate surface area is 119 Å². The molecule has 0 aliphatic carbocycles. The number of terminal acetylenes is 1. The molecule has 0 aromatic carbocycles. The van der Waals surface area contributed by atoms with E-state index in [4.69, 9.17) is 6.42 Å². The molecule has 0 spiro atoms. The molecule has 0 N–H and O–H groups in total. The van der Waals surface area contributed by atoms with Gasteiger partial charge in [0.25, 0.3) is 0 Å². The van der Waals surface area contributed by atoms with Crippen molar-refractivity contribution in [3.8, 4) is 12.3 Å². The Balaban J connectivity index is 2.07. The molecule has 2 heterocycles. The molecule has 20 heavy (non-hydrogen) atoms. The highest BCUT2D eigenvalue weighted by Crippen LogP contribution is 2.07. The first-order valence-corrected chi connectivity index (χ1v) is 6.53. The zero-order valence-electron chi connectivity index (χ0n) is 11.9. The molecule has 0 saturated carbocycles. The van der Waals surface area contributed by atoms with Gasteiger partial charge in [0.2, 0.25) is 0 Å². The molecule has 4 heteroatoms. The minimum Gasteiger partial charge on any atom is -0.281 e. The molecule has 0 atom stereocenters. The Hall–Kier alpha value is -2.25. The molecule has 0 bridgehead atoms. The van der Waals surface area contributed by atoms with Crippen LogP contribution in [0.1, 0.15) is 22.8 Å². The molecule has 0 radical (unpaired) electrons. The molecular formula is C16H18N4. The zero-order chi connectivity index (χ0) is 14.4.